The van der Waals surface area contributed by atoms with Gasteiger partial charge in [-0.3, -0.25) is 5.41 Å². The summed E-state index contributed by atoms with van der Waals surface area (Å²) in [7, 11) is 1.58. The Balaban J connectivity index is 4.38. The van der Waals surface area contributed by atoms with Crippen LogP contribution in [0.5, 0.6) is 0 Å². The second-order valence-electron chi connectivity index (χ2n) is 2.31. The molecule has 0 spiro atoms. The first-order valence-electron chi connectivity index (χ1n) is 3.04. The Labute approximate surface area is 61.0 Å². The van der Waals surface area contributed by atoms with Crippen LogP contribution in [-0.4, -0.2) is 12.9 Å². The van der Waals surface area contributed by atoms with E-state index in [-0.39, 0.29) is 10.8 Å². The zero-order chi connectivity index (χ0) is 8.31. The van der Waals surface area contributed by atoms with Gasteiger partial charge in [0, 0.05) is 11.3 Å². The SMILES string of the molecule is CC(N)=C(C)C(=N)[NH+](C)[NH-]. The quantitative estimate of drug-likeness (QED) is 0.262. The zero-order valence-corrected chi connectivity index (χ0v) is 6.58. The van der Waals surface area contributed by atoms with Crippen molar-refractivity contribution in [3.05, 3.63) is 17.1 Å². The maximum Gasteiger partial charge on any atom is 0.213 e. The maximum absolute atomic E-state index is 7.32. The van der Waals surface area contributed by atoms with Crippen LogP contribution in [0.25, 0.3) is 5.84 Å². The molecule has 0 heterocycles. The molecule has 4 nitrogen and oxygen atoms in total. The molecule has 0 saturated carbocycles. The Bertz CT molecular complexity index is 165. The Morgan fingerprint density at radius 3 is 2.00 bits per heavy atom. The Morgan fingerprint density at radius 2 is 1.90 bits per heavy atom. The third-order valence-corrected chi connectivity index (χ3v) is 1.34. The highest BCUT2D eigenvalue weighted by atomic mass is 15.4. The van der Waals surface area contributed by atoms with E-state index in [9.17, 15) is 0 Å². The zero-order valence-electron chi connectivity index (χ0n) is 6.58. The van der Waals surface area contributed by atoms with Crippen molar-refractivity contribution in [3.63, 3.8) is 0 Å². The number of nitrogens with two attached hydrogens (primary N) is 1. The van der Waals surface area contributed by atoms with E-state index in [0.29, 0.717) is 11.3 Å². The Hall–Kier alpha value is -0.870. The van der Waals surface area contributed by atoms with Gasteiger partial charge in [0.1, 0.15) is 0 Å². The van der Waals surface area contributed by atoms with Gasteiger partial charge in [0.2, 0.25) is 5.84 Å². The smallest absolute Gasteiger partial charge is 0.213 e. The summed E-state index contributed by atoms with van der Waals surface area (Å²) in [6.07, 6.45) is 0. The second kappa shape index (κ2) is 3.34. The Kier molecular flexibility index (Phi) is 3.05. The van der Waals surface area contributed by atoms with Crippen LogP contribution >= 0.6 is 0 Å². The van der Waals surface area contributed by atoms with Crippen LogP contribution < -0.4 is 10.7 Å². The van der Waals surface area contributed by atoms with Crippen molar-refractivity contribution in [1.29, 1.82) is 5.41 Å². The number of nitrogens with one attached hydrogen (secondary N) is 3. The minimum atomic E-state index is 0.222. The van der Waals surface area contributed by atoms with Gasteiger partial charge in [0.05, 0.1) is 7.05 Å². The minimum absolute atomic E-state index is 0.222. The highest BCUT2D eigenvalue weighted by molar-refractivity contribution is 5.88. The van der Waals surface area contributed by atoms with E-state index in [1.54, 1.807) is 20.9 Å². The average molecular weight is 142 g/mol. The third-order valence-electron chi connectivity index (χ3n) is 1.34. The molecule has 1 atom stereocenters. The fourth-order valence-electron chi connectivity index (χ4n) is 0.478. The van der Waals surface area contributed by atoms with Gasteiger partial charge in [-0.25, -0.2) is 0 Å². The molecule has 0 aromatic carbocycles. The molecule has 10 heavy (non-hydrogen) atoms. The molecule has 5 N–H and O–H groups in total. The van der Waals surface area contributed by atoms with Crippen LogP contribution in [0.15, 0.2) is 11.3 Å². The van der Waals surface area contributed by atoms with Crippen LogP contribution in [0, 0.1) is 5.41 Å². The molecule has 0 aliphatic rings. The summed E-state index contributed by atoms with van der Waals surface area (Å²) in [6, 6.07) is 0. The summed E-state index contributed by atoms with van der Waals surface area (Å²) < 4.78 is 0. The molecular formula is C6H14N4. The molecule has 0 aromatic heterocycles. The van der Waals surface area contributed by atoms with Gasteiger partial charge >= 0.3 is 0 Å². The van der Waals surface area contributed by atoms with Crippen molar-refractivity contribution in [2.75, 3.05) is 7.05 Å². The topological polar surface area (TPSA) is 78.1 Å². The standard InChI is InChI=1S/C6H14N4/c1-4(5(2)7)6(8)10(3)9/h8-10H,7H2,1-3H3. The lowest BCUT2D eigenvalue weighted by Gasteiger charge is -2.15. The highest BCUT2D eigenvalue weighted by Gasteiger charge is 2.04. The Morgan fingerprint density at radius 1 is 1.50 bits per heavy atom. The summed E-state index contributed by atoms with van der Waals surface area (Å²) >= 11 is 0. The van der Waals surface area contributed by atoms with Crippen molar-refractivity contribution in [3.8, 4) is 0 Å². The lowest BCUT2D eigenvalue weighted by atomic mass is 10.2. The fourth-order valence-corrected chi connectivity index (χ4v) is 0.478. The number of quaternary nitrogens is 1. The van der Waals surface area contributed by atoms with Gasteiger partial charge in [-0.2, -0.15) is 0 Å². The van der Waals surface area contributed by atoms with E-state index in [1.165, 1.54) is 0 Å². The van der Waals surface area contributed by atoms with Crippen molar-refractivity contribution in [1.82, 2.24) is 0 Å². The number of allylic oxidation sites excluding steroid dienone is 1. The summed E-state index contributed by atoms with van der Waals surface area (Å²) in [4.78, 5) is 0. The first-order chi connectivity index (χ1) is 4.46. The molecular weight excluding hydrogens is 128 g/mol. The van der Waals surface area contributed by atoms with E-state index in [0.717, 1.165) is 0 Å². The summed E-state index contributed by atoms with van der Waals surface area (Å²) in [5.74, 6) is 7.33. The van der Waals surface area contributed by atoms with Crippen LogP contribution in [0.1, 0.15) is 13.8 Å². The van der Waals surface area contributed by atoms with Gasteiger partial charge in [0.25, 0.3) is 0 Å². The van der Waals surface area contributed by atoms with Crippen molar-refractivity contribution in [2.24, 2.45) is 5.73 Å². The molecule has 0 fully saturated rings. The van der Waals surface area contributed by atoms with Crippen LogP contribution in [0.2, 0.25) is 0 Å². The van der Waals surface area contributed by atoms with E-state index in [4.69, 9.17) is 17.0 Å². The summed E-state index contributed by atoms with van der Waals surface area (Å²) in [6.45, 7) is 3.47. The number of likely N-dealkylation sites (N-methyl/N-ethyl adjacent to an activating group) is 1. The van der Waals surface area contributed by atoms with E-state index in [2.05, 4.69) is 0 Å². The molecule has 0 saturated heterocycles. The lowest BCUT2D eigenvalue weighted by Crippen LogP contribution is -3.05. The van der Waals surface area contributed by atoms with Gasteiger partial charge in [0.15, 0.2) is 0 Å². The number of hydrogen-bond donors (Lipinski definition) is 3. The first kappa shape index (κ1) is 9.13. The summed E-state index contributed by atoms with van der Waals surface area (Å²) in [5, 5.41) is 7.57. The molecule has 0 rings (SSSR count). The monoisotopic (exact) mass is 142 g/mol. The van der Waals surface area contributed by atoms with Gasteiger partial charge in [-0.05, 0) is 13.8 Å². The molecule has 4 heteroatoms. The molecule has 0 aromatic rings. The number of hydrogen-bond acceptors (Lipinski definition) is 2. The van der Waals surface area contributed by atoms with Crippen molar-refractivity contribution < 1.29 is 5.01 Å². The van der Waals surface area contributed by atoms with Crippen LogP contribution in [0.3, 0.4) is 0 Å². The first-order valence-corrected chi connectivity index (χ1v) is 3.04. The molecule has 0 amide bonds. The van der Waals surface area contributed by atoms with Crippen LogP contribution in [0.4, 0.5) is 0 Å². The minimum Gasteiger partial charge on any atom is -0.463 e. The number of rotatable bonds is 1. The van der Waals surface area contributed by atoms with E-state index < -0.39 is 0 Å². The summed E-state index contributed by atoms with van der Waals surface area (Å²) in [5.41, 5.74) is 6.71. The van der Waals surface area contributed by atoms with Gasteiger partial charge < -0.3 is 16.6 Å². The molecule has 1 unspecified atom stereocenters. The molecule has 0 radical (unpaired) electrons. The molecule has 0 aliphatic heterocycles. The van der Waals surface area contributed by atoms with E-state index >= 15 is 0 Å². The number of amidine groups is 1. The highest BCUT2D eigenvalue weighted by Crippen LogP contribution is 1.93. The fraction of sp³-hybridized carbons (Fsp3) is 0.500. The average Bonchev–Trinajstić information content (AvgIpc) is 1.84. The molecule has 58 valence electrons. The maximum atomic E-state index is 7.32. The predicted molar refractivity (Wildman–Crippen MR) is 41.5 cm³/mol. The largest absolute Gasteiger partial charge is 0.463 e. The molecule has 0 aliphatic carbocycles. The van der Waals surface area contributed by atoms with E-state index in [1.807, 2.05) is 0 Å². The van der Waals surface area contributed by atoms with Gasteiger partial charge in [-0.15, -0.1) is 0 Å². The predicted octanol–water partition coefficient (Wildman–Crippen LogP) is -0.302. The van der Waals surface area contributed by atoms with Crippen molar-refractivity contribution in [2.45, 2.75) is 13.8 Å². The van der Waals surface area contributed by atoms with Crippen molar-refractivity contribution >= 4 is 5.84 Å². The normalized spacial score (nSPS) is 16.0. The third kappa shape index (κ3) is 2.16. The van der Waals surface area contributed by atoms with Crippen LogP contribution in [-0.2, 0) is 0 Å². The second-order valence-corrected chi connectivity index (χ2v) is 2.31. The molecule has 0 bridgehead atoms. The van der Waals surface area contributed by atoms with Gasteiger partial charge in [-0.1, -0.05) is 0 Å². The lowest BCUT2D eigenvalue weighted by molar-refractivity contribution is -0.722.